The van der Waals surface area contributed by atoms with E-state index in [1.807, 2.05) is 24.3 Å². The number of fused-ring (bicyclic) bond motifs is 3. The number of phenols is 1. The van der Waals surface area contributed by atoms with E-state index in [9.17, 15) is 9.90 Å². The lowest BCUT2D eigenvalue weighted by atomic mass is 9.86. The van der Waals surface area contributed by atoms with Crippen LogP contribution in [0.5, 0.6) is 5.75 Å². The maximum atomic E-state index is 12.9. The van der Waals surface area contributed by atoms with Crippen molar-refractivity contribution < 1.29 is 9.90 Å². The monoisotopic (exact) mass is 382 g/mol. The highest BCUT2D eigenvalue weighted by atomic mass is 16.3. The minimum absolute atomic E-state index is 0.0753. The van der Waals surface area contributed by atoms with Gasteiger partial charge in [0.1, 0.15) is 5.75 Å². The minimum atomic E-state index is -0.0753. The second-order valence-electron chi connectivity index (χ2n) is 7.76. The smallest absolute Gasteiger partial charge is 0.256 e. The standard InChI is InChI=1S/C25H22N2O2/c1-27-12-11-19-20(17-5-3-2-4-6-17)14-21-22(13-16-7-9-18(28)10-8-16)25(29)26-24(21)23(19)15-27/h2-10,13-14,28H,11-12,15H2,1H3,(H,26,29)/b22-13+. The summed E-state index contributed by atoms with van der Waals surface area (Å²) in [6.45, 7) is 1.83. The molecule has 0 aromatic heterocycles. The van der Waals surface area contributed by atoms with Crippen LogP contribution in [0.3, 0.4) is 0 Å². The van der Waals surface area contributed by atoms with Crippen molar-refractivity contribution in [2.75, 3.05) is 18.9 Å². The lowest BCUT2D eigenvalue weighted by Gasteiger charge is -2.29. The molecule has 5 rings (SSSR count). The van der Waals surface area contributed by atoms with Gasteiger partial charge in [0.15, 0.2) is 0 Å². The number of carbonyl (C=O) groups is 1. The summed E-state index contributed by atoms with van der Waals surface area (Å²) in [5.41, 5.74) is 8.39. The summed E-state index contributed by atoms with van der Waals surface area (Å²) >= 11 is 0. The number of amides is 1. The van der Waals surface area contributed by atoms with Gasteiger partial charge in [0.2, 0.25) is 0 Å². The third kappa shape index (κ3) is 3.12. The number of aromatic hydroxyl groups is 1. The van der Waals surface area contributed by atoms with Crippen molar-refractivity contribution >= 4 is 23.2 Å². The lowest BCUT2D eigenvalue weighted by molar-refractivity contribution is -0.110. The van der Waals surface area contributed by atoms with E-state index >= 15 is 0 Å². The summed E-state index contributed by atoms with van der Waals surface area (Å²) in [6, 6.07) is 19.5. The molecule has 0 spiro atoms. The second-order valence-corrected chi connectivity index (χ2v) is 7.76. The first kappa shape index (κ1) is 17.7. The quantitative estimate of drug-likeness (QED) is 0.640. The van der Waals surface area contributed by atoms with E-state index in [0.717, 1.165) is 36.3 Å². The fourth-order valence-corrected chi connectivity index (χ4v) is 4.31. The molecule has 2 heterocycles. The molecule has 0 saturated heterocycles. The molecular formula is C25H22N2O2. The van der Waals surface area contributed by atoms with E-state index in [1.54, 1.807) is 12.1 Å². The largest absolute Gasteiger partial charge is 0.508 e. The van der Waals surface area contributed by atoms with Gasteiger partial charge in [-0.3, -0.25) is 4.79 Å². The van der Waals surface area contributed by atoms with Gasteiger partial charge in [-0.05, 0) is 65.6 Å². The van der Waals surface area contributed by atoms with E-state index in [4.69, 9.17) is 0 Å². The van der Waals surface area contributed by atoms with Crippen molar-refractivity contribution in [2.24, 2.45) is 0 Å². The number of rotatable bonds is 2. The highest BCUT2D eigenvalue weighted by Crippen LogP contribution is 2.43. The number of anilines is 1. The van der Waals surface area contributed by atoms with Crippen LogP contribution in [0.1, 0.15) is 22.3 Å². The number of benzene rings is 3. The zero-order valence-electron chi connectivity index (χ0n) is 16.3. The maximum absolute atomic E-state index is 12.9. The zero-order chi connectivity index (χ0) is 20.0. The van der Waals surface area contributed by atoms with Gasteiger partial charge in [-0.15, -0.1) is 0 Å². The Balaban J connectivity index is 1.72. The number of nitrogens with one attached hydrogen (secondary N) is 1. The third-order valence-electron chi connectivity index (χ3n) is 5.78. The number of hydrogen-bond donors (Lipinski definition) is 2. The number of hydrogen-bond acceptors (Lipinski definition) is 3. The Morgan fingerprint density at radius 1 is 1.00 bits per heavy atom. The molecule has 3 aromatic rings. The van der Waals surface area contributed by atoms with E-state index < -0.39 is 0 Å². The minimum Gasteiger partial charge on any atom is -0.508 e. The first-order valence-corrected chi connectivity index (χ1v) is 9.85. The first-order valence-electron chi connectivity index (χ1n) is 9.85. The Bertz CT molecular complexity index is 1130. The van der Waals surface area contributed by atoms with E-state index in [2.05, 4.69) is 47.6 Å². The molecule has 29 heavy (non-hydrogen) atoms. The van der Waals surface area contributed by atoms with E-state index in [1.165, 1.54) is 22.3 Å². The SMILES string of the molecule is CN1CCc2c(-c3ccccc3)cc3c(c2C1)NC(=O)/C3=C/c1ccc(O)cc1. The van der Waals surface area contributed by atoms with Gasteiger partial charge < -0.3 is 15.3 Å². The van der Waals surface area contributed by atoms with Crippen molar-refractivity contribution in [3.8, 4) is 16.9 Å². The topological polar surface area (TPSA) is 52.6 Å². The van der Waals surface area contributed by atoms with Gasteiger partial charge in [0.25, 0.3) is 5.91 Å². The Labute approximate surface area is 170 Å². The molecule has 0 fully saturated rings. The highest BCUT2D eigenvalue weighted by Gasteiger charge is 2.31. The van der Waals surface area contributed by atoms with E-state index in [-0.39, 0.29) is 11.7 Å². The fraction of sp³-hybridized carbons (Fsp3) is 0.160. The summed E-state index contributed by atoms with van der Waals surface area (Å²) in [5.74, 6) is 0.139. The Morgan fingerprint density at radius 3 is 2.52 bits per heavy atom. The average Bonchev–Trinajstić information content (AvgIpc) is 3.05. The lowest BCUT2D eigenvalue weighted by Crippen LogP contribution is -2.27. The predicted octanol–water partition coefficient (Wildman–Crippen LogP) is 4.54. The second kappa shape index (κ2) is 6.90. The van der Waals surface area contributed by atoms with Crippen LogP contribution in [0.25, 0.3) is 22.8 Å². The van der Waals surface area contributed by atoms with Crippen molar-refractivity contribution in [2.45, 2.75) is 13.0 Å². The Morgan fingerprint density at radius 2 is 1.76 bits per heavy atom. The predicted molar refractivity (Wildman–Crippen MR) is 117 cm³/mol. The van der Waals surface area contributed by atoms with Crippen LogP contribution in [-0.4, -0.2) is 29.5 Å². The molecule has 0 atom stereocenters. The molecule has 4 nitrogen and oxygen atoms in total. The molecule has 0 bridgehead atoms. The van der Waals surface area contributed by atoms with Crippen LogP contribution in [-0.2, 0) is 17.8 Å². The molecular weight excluding hydrogens is 360 g/mol. The van der Waals surface area contributed by atoms with Crippen molar-refractivity contribution in [3.63, 3.8) is 0 Å². The molecule has 0 radical (unpaired) electrons. The maximum Gasteiger partial charge on any atom is 0.256 e. The normalized spacial score (nSPS) is 17.1. The molecule has 2 aliphatic rings. The van der Waals surface area contributed by atoms with Crippen molar-refractivity contribution in [3.05, 3.63) is 82.9 Å². The summed E-state index contributed by atoms with van der Waals surface area (Å²) in [4.78, 5) is 15.2. The average molecular weight is 382 g/mol. The van der Waals surface area contributed by atoms with Crippen LogP contribution >= 0.6 is 0 Å². The molecule has 144 valence electrons. The highest BCUT2D eigenvalue weighted by molar-refractivity contribution is 6.35. The zero-order valence-corrected chi connectivity index (χ0v) is 16.3. The third-order valence-corrected chi connectivity index (χ3v) is 5.78. The summed E-state index contributed by atoms with van der Waals surface area (Å²) < 4.78 is 0. The number of carbonyl (C=O) groups excluding carboxylic acids is 1. The molecule has 0 unspecified atom stereocenters. The van der Waals surface area contributed by atoms with Crippen LogP contribution in [0.15, 0.2) is 60.7 Å². The summed E-state index contributed by atoms with van der Waals surface area (Å²) in [6.07, 6.45) is 2.87. The van der Waals surface area contributed by atoms with Gasteiger partial charge in [-0.1, -0.05) is 42.5 Å². The number of likely N-dealkylation sites (N-methyl/N-ethyl adjacent to an activating group) is 1. The van der Waals surface area contributed by atoms with Gasteiger partial charge in [-0.2, -0.15) is 0 Å². The van der Waals surface area contributed by atoms with Crippen LogP contribution in [0.2, 0.25) is 0 Å². The summed E-state index contributed by atoms with van der Waals surface area (Å²) in [7, 11) is 2.12. The van der Waals surface area contributed by atoms with Crippen molar-refractivity contribution in [1.29, 1.82) is 0 Å². The van der Waals surface area contributed by atoms with Gasteiger partial charge >= 0.3 is 0 Å². The van der Waals surface area contributed by atoms with Gasteiger partial charge in [0.05, 0.1) is 5.69 Å². The molecule has 0 saturated carbocycles. The molecule has 0 aliphatic carbocycles. The van der Waals surface area contributed by atoms with Crippen LogP contribution in [0.4, 0.5) is 5.69 Å². The summed E-state index contributed by atoms with van der Waals surface area (Å²) in [5, 5.41) is 12.7. The Kier molecular flexibility index (Phi) is 4.22. The number of nitrogens with zero attached hydrogens (tertiary/aromatic N) is 1. The van der Waals surface area contributed by atoms with Crippen LogP contribution in [0, 0.1) is 0 Å². The van der Waals surface area contributed by atoms with Crippen LogP contribution < -0.4 is 5.32 Å². The Hall–Kier alpha value is -3.37. The van der Waals surface area contributed by atoms with Gasteiger partial charge in [-0.25, -0.2) is 0 Å². The molecule has 1 amide bonds. The van der Waals surface area contributed by atoms with Gasteiger partial charge in [0, 0.05) is 24.2 Å². The molecule has 2 N–H and O–H groups in total. The van der Waals surface area contributed by atoms with E-state index in [0.29, 0.717) is 5.57 Å². The molecule has 4 heteroatoms. The first-order chi connectivity index (χ1) is 14.1. The molecule has 3 aromatic carbocycles. The molecule has 2 aliphatic heterocycles. The fourth-order valence-electron chi connectivity index (χ4n) is 4.31. The number of phenolic OH excluding ortho intramolecular Hbond substituents is 1. The van der Waals surface area contributed by atoms with Crippen molar-refractivity contribution in [1.82, 2.24) is 4.90 Å².